The first-order valence-electron chi connectivity index (χ1n) is 10.1. The van der Waals surface area contributed by atoms with Gasteiger partial charge in [0.05, 0.1) is 7.11 Å². The first kappa shape index (κ1) is 17.0. The minimum absolute atomic E-state index is 0.520. The third-order valence-corrected chi connectivity index (χ3v) is 6.92. The maximum Gasteiger partial charge on any atom is 0.127 e. The quantitative estimate of drug-likeness (QED) is 0.904. The summed E-state index contributed by atoms with van der Waals surface area (Å²) in [6.07, 6.45) is 4.43. The molecule has 3 atom stereocenters. The van der Waals surface area contributed by atoms with Crippen LogP contribution in [0.4, 0.5) is 5.82 Å². The molecule has 4 saturated heterocycles. The van der Waals surface area contributed by atoms with Crippen molar-refractivity contribution in [1.29, 1.82) is 0 Å². The van der Waals surface area contributed by atoms with Crippen molar-refractivity contribution in [3.05, 3.63) is 53.7 Å². The molecule has 6 rings (SSSR count). The molecule has 5 nitrogen and oxygen atoms in total. The van der Waals surface area contributed by atoms with Crippen LogP contribution in [-0.2, 0) is 6.54 Å². The summed E-state index contributed by atoms with van der Waals surface area (Å²) >= 11 is 0. The molecule has 0 aliphatic carbocycles. The Morgan fingerprint density at radius 1 is 1.15 bits per heavy atom. The van der Waals surface area contributed by atoms with Gasteiger partial charge >= 0.3 is 0 Å². The van der Waals surface area contributed by atoms with Crippen molar-refractivity contribution in [2.24, 2.45) is 5.92 Å². The van der Waals surface area contributed by atoms with Crippen molar-refractivity contribution in [2.75, 3.05) is 32.5 Å². The summed E-state index contributed by atoms with van der Waals surface area (Å²) in [5.41, 5.74) is 8.71. The van der Waals surface area contributed by atoms with Crippen molar-refractivity contribution >= 4 is 5.82 Å². The van der Waals surface area contributed by atoms with Crippen LogP contribution in [0.25, 0.3) is 0 Å². The zero-order chi connectivity index (χ0) is 18.4. The highest BCUT2D eigenvalue weighted by atomic mass is 16.5. The van der Waals surface area contributed by atoms with Crippen molar-refractivity contribution in [1.82, 2.24) is 14.8 Å². The van der Waals surface area contributed by atoms with E-state index in [4.69, 9.17) is 10.5 Å². The fourth-order valence-corrected chi connectivity index (χ4v) is 5.69. The smallest absolute Gasteiger partial charge is 0.127 e. The topological polar surface area (TPSA) is 54.6 Å². The first-order valence-corrected chi connectivity index (χ1v) is 10.1. The number of fused-ring (bicyclic) bond motifs is 2. The van der Waals surface area contributed by atoms with Crippen molar-refractivity contribution in [3.8, 4) is 5.75 Å². The largest absolute Gasteiger partial charge is 0.497 e. The minimum Gasteiger partial charge on any atom is -0.497 e. The lowest BCUT2D eigenvalue weighted by Crippen LogP contribution is -2.60. The van der Waals surface area contributed by atoms with Crippen molar-refractivity contribution in [2.45, 2.75) is 37.4 Å². The molecule has 27 heavy (non-hydrogen) atoms. The third kappa shape index (κ3) is 2.89. The van der Waals surface area contributed by atoms with E-state index in [1.807, 2.05) is 12.1 Å². The zero-order valence-electron chi connectivity index (χ0n) is 15.9. The molecule has 142 valence electrons. The van der Waals surface area contributed by atoms with Gasteiger partial charge in [-0.25, -0.2) is 4.98 Å². The summed E-state index contributed by atoms with van der Waals surface area (Å²) in [4.78, 5) is 9.71. The Hall–Kier alpha value is -2.11. The van der Waals surface area contributed by atoms with E-state index in [1.54, 1.807) is 13.3 Å². The highest BCUT2D eigenvalue weighted by Crippen LogP contribution is 2.47. The van der Waals surface area contributed by atoms with Gasteiger partial charge < -0.3 is 10.5 Å². The number of methoxy groups -OCH3 is 1. The van der Waals surface area contributed by atoms with Crippen LogP contribution in [0.3, 0.4) is 0 Å². The number of nitrogen functional groups attached to an aromatic ring is 1. The van der Waals surface area contributed by atoms with Gasteiger partial charge in [-0.3, -0.25) is 9.80 Å². The van der Waals surface area contributed by atoms with Crippen molar-refractivity contribution < 1.29 is 4.74 Å². The molecule has 2 aromatic rings. The summed E-state index contributed by atoms with van der Waals surface area (Å²) in [6.45, 7) is 4.46. The molecular weight excluding hydrogens is 336 g/mol. The number of hydrogen-bond acceptors (Lipinski definition) is 5. The number of piperidine rings is 3. The molecule has 4 fully saturated rings. The summed E-state index contributed by atoms with van der Waals surface area (Å²) in [5.74, 6) is 2.94. The number of nitrogens with zero attached hydrogens (tertiary/aromatic N) is 3. The Kier molecular flexibility index (Phi) is 4.29. The maximum atomic E-state index is 6.16. The molecule has 0 spiro atoms. The molecule has 4 aliphatic heterocycles. The number of nitrogens with two attached hydrogens (primary N) is 1. The molecule has 5 heterocycles. The Balaban J connectivity index is 1.49. The van der Waals surface area contributed by atoms with Gasteiger partial charge in [-0.05, 0) is 55.6 Å². The monoisotopic (exact) mass is 364 g/mol. The number of aromatic nitrogens is 1. The highest BCUT2D eigenvalue weighted by molar-refractivity contribution is 5.39. The Morgan fingerprint density at radius 2 is 2.00 bits per heavy atom. The van der Waals surface area contributed by atoms with Crippen LogP contribution >= 0.6 is 0 Å². The van der Waals surface area contributed by atoms with Gasteiger partial charge in [0, 0.05) is 42.9 Å². The van der Waals surface area contributed by atoms with E-state index in [1.165, 1.54) is 31.5 Å². The van der Waals surface area contributed by atoms with E-state index in [2.05, 4.69) is 39.0 Å². The SMILES string of the molecule is COc1cccc([C@@H]2CN(Cc3cccnc3N)[C@@H]3C4CCN(CC4)[C@@H]32)c1. The molecule has 0 amide bonds. The van der Waals surface area contributed by atoms with Crippen LogP contribution in [0.1, 0.15) is 29.9 Å². The number of benzene rings is 1. The normalized spacial score (nSPS) is 32.4. The summed E-state index contributed by atoms with van der Waals surface area (Å²) in [6, 6.07) is 14.0. The van der Waals surface area contributed by atoms with Crippen molar-refractivity contribution in [3.63, 3.8) is 0 Å². The van der Waals surface area contributed by atoms with Gasteiger partial charge in [-0.2, -0.15) is 0 Å². The third-order valence-electron chi connectivity index (χ3n) is 6.92. The average molecular weight is 364 g/mol. The molecule has 2 N–H and O–H groups in total. The van der Waals surface area contributed by atoms with Crippen LogP contribution in [0.5, 0.6) is 5.75 Å². The van der Waals surface area contributed by atoms with E-state index in [0.29, 0.717) is 23.8 Å². The predicted octanol–water partition coefficient (Wildman–Crippen LogP) is 2.73. The van der Waals surface area contributed by atoms with Crippen LogP contribution in [0, 0.1) is 5.92 Å². The summed E-state index contributed by atoms with van der Waals surface area (Å²) in [5, 5.41) is 0. The van der Waals surface area contributed by atoms with E-state index in [0.717, 1.165) is 30.3 Å². The van der Waals surface area contributed by atoms with Gasteiger partial charge in [-0.1, -0.05) is 18.2 Å². The second-order valence-corrected chi connectivity index (χ2v) is 8.21. The van der Waals surface area contributed by atoms with Crippen LogP contribution in [0.15, 0.2) is 42.6 Å². The van der Waals surface area contributed by atoms with E-state index >= 15 is 0 Å². The lowest BCUT2D eigenvalue weighted by Gasteiger charge is -2.51. The molecule has 2 bridgehead atoms. The molecule has 1 aromatic carbocycles. The fourth-order valence-electron chi connectivity index (χ4n) is 5.69. The first-order chi connectivity index (χ1) is 13.2. The van der Waals surface area contributed by atoms with Gasteiger partial charge in [0.2, 0.25) is 0 Å². The van der Waals surface area contributed by atoms with Crippen LogP contribution in [0.2, 0.25) is 0 Å². The standard InChI is InChI=1S/C22H28N4O/c1-27-18-6-2-4-16(12-18)19-14-26(13-17-5-3-9-24-22(17)23)20-15-7-10-25(11-8-15)21(19)20/h2-6,9,12,15,19-21H,7-8,10-11,13-14H2,1H3,(H2,23,24)/t19-,20+,21+/m0/s1. The van der Waals surface area contributed by atoms with Crippen LogP contribution in [-0.4, -0.2) is 53.6 Å². The highest BCUT2D eigenvalue weighted by Gasteiger charge is 2.53. The average Bonchev–Trinajstić information content (AvgIpc) is 3.12. The number of likely N-dealkylation sites (tertiary alicyclic amines) is 1. The number of hydrogen-bond donors (Lipinski definition) is 1. The second kappa shape index (κ2) is 6.80. The Bertz CT molecular complexity index is 817. The molecule has 1 aromatic heterocycles. The van der Waals surface area contributed by atoms with Gasteiger partial charge in [0.25, 0.3) is 0 Å². The predicted molar refractivity (Wildman–Crippen MR) is 107 cm³/mol. The van der Waals surface area contributed by atoms with E-state index in [9.17, 15) is 0 Å². The second-order valence-electron chi connectivity index (χ2n) is 8.21. The van der Waals surface area contributed by atoms with E-state index in [-0.39, 0.29) is 0 Å². The summed E-state index contributed by atoms with van der Waals surface area (Å²) in [7, 11) is 1.75. The molecule has 0 saturated carbocycles. The van der Waals surface area contributed by atoms with Gasteiger partial charge in [0.1, 0.15) is 11.6 Å². The number of rotatable bonds is 4. The fraction of sp³-hybridized carbons (Fsp3) is 0.500. The summed E-state index contributed by atoms with van der Waals surface area (Å²) < 4.78 is 5.50. The molecule has 0 unspecified atom stereocenters. The lowest BCUT2D eigenvalue weighted by atomic mass is 9.75. The minimum atomic E-state index is 0.520. The number of ether oxygens (including phenoxy) is 1. The molecule has 4 aliphatic rings. The molecular formula is C22H28N4O. The Morgan fingerprint density at radius 3 is 2.78 bits per heavy atom. The van der Waals surface area contributed by atoms with Crippen LogP contribution < -0.4 is 10.5 Å². The zero-order valence-corrected chi connectivity index (χ0v) is 15.9. The van der Waals surface area contributed by atoms with Gasteiger partial charge in [-0.15, -0.1) is 0 Å². The molecule has 0 radical (unpaired) electrons. The van der Waals surface area contributed by atoms with Gasteiger partial charge in [0.15, 0.2) is 0 Å². The number of anilines is 1. The Labute approximate surface area is 161 Å². The van der Waals surface area contributed by atoms with E-state index < -0.39 is 0 Å². The maximum absolute atomic E-state index is 6.16. The molecule has 5 heteroatoms. The lowest BCUT2D eigenvalue weighted by molar-refractivity contribution is -0.00866. The number of pyridine rings is 1.